The van der Waals surface area contributed by atoms with E-state index < -0.39 is 0 Å². The molecule has 0 saturated carbocycles. The van der Waals surface area contributed by atoms with Crippen LogP contribution in [-0.2, 0) is 6.61 Å². The zero-order chi connectivity index (χ0) is 13.2. The van der Waals surface area contributed by atoms with Crippen LogP contribution in [0.5, 0.6) is 5.75 Å². The minimum atomic E-state index is 0.460. The number of rotatable bonds is 3. The van der Waals surface area contributed by atoms with Gasteiger partial charge in [-0.2, -0.15) is 0 Å². The number of ether oxygens (including phenoxy) is 1. The quantitative estimate of drug-likeness (QED) is 0.708. The zero-order valence-corrected chi connectivity index (χ0v) is 11.7. The van der Waals surface area contributed by atoms with E-state index in [0.717, 1.165) is 21.0 Å². The van der Waals surface area contributed by atoms with Crippen molar-refractivity contribution < 1.29 is 4.74 Å². The maximum absolute atomic E-state index is 6.36. The predicted molar refractivity (Wildman–Crippen MR) is 82.0 cm³/mol. The van der Waals surface area contributed by atoms with Gasteiger partial charge in [-0.3, -0.25) is 0 Å². The highest BCUT2D eigenvalue weighted by Crippen LogP contribution is 2.35. The van der Waals surface area contributed by atoms with Gasteiger partial charge in [-0.15, -0.1) is 11.3 Å². The molecule has 4 heteroatoms. The Morgan fingerprint density at radius 2 is 1.95 bits per heavy atom. The van der Waals surface area contributed by atoms with Gasteiger partial charge in [0.2, 0.25) is 0 Å². The Labute approximate surface area is 120 Å². The molecule has 0 spiro atoms. The van der Waals surface area contributed by atoms with Crippen molar-refractivity contribution in [2.75, 3.05) is 5.73 Å². The van der Waals surface area contributed by atoms with Crippen molar-refractivity contribution in [1.82, 2.24) is 0 Å². The number of anilines is 1. The largest absolute Gasteiger partial charge is 0.488 e. The van der Waals surface area contributed by atoms with Crippen LogP contribution in [0.1, 0.15) is 4.88 Å². The summed E-state index contributed by atoms with van der Waals surface area (Å²) in [6.45, 7) is 0.460. The van der Waals surface area contributed by atoms with E-state index in [9.17, 15) is 0 Å². The molecule has 3 aromatic rings. The first-order valence-corrected chi connectivity index (χ1v) is 7.08. The van der Waals surface area contributed by atoms with Crippen molar-refractivity contribution in [3.05, 3.63) is 58.4 Å². The van der Waals surface area contributed by atoms with Crippen LogP contribution >= 0.6 is 22.9 Å². The van der Waals surface area contributed by atoms with Gasteiger partial charge in [-0.1, -0.05) is 35.9 Å². The molecular formula is C15H12ClNOS. The lowest BCUT2D eigenvalue weighted by atomic mass is 10.2. The summed E-state index contributed by atoms with van der Waals surface area (Å²) in [5.74, 6) is 0.758. The highest BCUT2D eigenvalue weighted by atomic mass is 35.5. The molecule has 0 unspecified atom stereocenters. The highest BCUT2D eigenvalue weighted by Gasteiger charge is 2.10. The number of benzene rings is 2. The van der Waals surface area contributed by atoms with E-state index in [1.54, 1.807) is 17.4 Å². The molecule has 0 aliphatic heterocycles. The number of fused-ring (bicyclic) bond motifs is 1. The maximum atomic E-state index is 6.36. The lowest BCUT2D eigenvalue weighted by Crippen LogP contribution is -1.94. The first kappa shape index (κ1) is 12.3. The van der Waals surface area contributed by atoms with Crippen molar-refractivity contribution in [2.24, 2.45) is 0 Å². The minimum Gasteiger partial charge on any atom is -0.488 e. The SMILES string of the molecule is Nc1cccc(OCc2sc3ccccc3c2Cl)c1. The van der Waals surface area contributed by atoms with Gasteiger partial charge in [0.25, 0.3) is 0 Å². The van der Waals surface area contributed by atoms with Gasteiger partial charge in [-0.05, 0) is 18.2 Å². The summed E-state index contributed by atoms with van der Waals surface area (Å²) in [5, 5.41) is 1.87. The molecule has 0 aliphatic rings. The summed E-state index contributed by atoms with van der Waals surface area (Å²) in [5.41, 5.74) is 6.41. The summed E-state index contributed by atoms with van der Waals surface area (Å²) in [6, 6.07) is 15.5. The van der Waals surface area contributed by atoms with Gasteiger partial charge in [-0.25, -0.2) is 0 Å². The molecule has 0 atom stereocenters. The van der Waals surface area contributed by atoms with Gasteiger partial charge in [0.05, 0.1) is 9.90 Å². The maximum Gasteiger partial charge on any atom is 0.124 e. The van der Waals surface area contributed by atoms with E-state index in [1.807, 2.05) is 36.4 Å². The first-order chi connectivity index (χ1) is 9.24. The van der Waals surface area contributed by atoms with E-state index >= 15 is 0 Å². The number of hydrogen-bond acceptors (Lipinski definition) is 3. The highest BCUT2D eigenvalue weighted by molar-refractivity contribution is 7.19. The second kappa shape index (κ2) is 5.11. The Bertz CT molecular complexity index is 723. The van der Waals surface area contributed by atoms with Crippen LogP contribution in [-0.4, -0.2) is 0 Å². The lowest BCUT2D eigenvalue weighted by Gasteiger charge is -2.05. The summed E-state index contributed by atoms with van der Waals surface area (Å²) in [7, 11) is 0. The van der Waals surface area contributed by atoms with Crippen LogP contribution < -0.4 is 10.5 Å². The average molecular weight is 290 g/mol. The molecule has 0 amide bonds. The number of halogens is 1. The van der Waals surface area contributed by atoms with Gasteiger partial charge >= 0.3 is 0 Å². The fourth-order valence-electron chi connectivity index (χ4n) is 1.91. The summed E-state index contributed by atoms with van der Waals surface area (Å²) >= 11 is 8.02. The minimum absolute atomic E-state index is 0.460. The second-order valence-corrected chi connectivity index (χ2v) is 5.71. The Kier molecular flexibility index (Phi) is 3.32. The molecule has 0 aliphatic carbocycles. The standard InChI is InChI=1S/C15H12ClNOS/c16-15-12-6-1-2-7-13(12)19-14(15)9-18-11-5-3-4-10(17)8-11/h1-8H,9,17H2. The molecule has 0 saturated heterocycles. The van der Waals surface area contributed by atoms with Gasteiger partial charge in [0.1, 0.15) is 12.4 Å². The molecule has 96 valence electrons. The molecule has 0 radical (unpaired) electrons. The van der Waals surface area contributed by atoms with Crippen LogP contribution in [0.15, 0.2) is 48.5 Å². The number of hydrogen-bond donors (Lipinski definition) is 1. The average Bonchev–Trinajstić information content (AvgIpc) is 2.74. The van der Waals surface area contributed by atoms with E-state index in [0.29, 0.717) is 12.3 Å². The van der Waals surface area contributed by atoms with Crippen molar-refractivity contribution >= 4 is 38.7 Å². The zero-order valence-electron chi connectivity index (χ0n) is 10.1. The molecule has 1 heterocycles. The van der Waals surface area contributed by atoms with Gasteiger partial charge in [0.15, 0.2) is 0 Å². The number of nitrogen functional groups attached to an aromatic ring is 1. The van der Waals surface area contributed by atoms with E-state index in [4.69, 9.17) is 22.1 Å². The van der Waals surface area contributed by atoms with Gasteiger partial charge in [0, 0.05) is 21.8 Å². The van der Waals surface area contributed by atoms with Crippen molar-refractivity contribution in [3.63, 3.8) is 0 Å². The van der Waals surface area contributed by atoms with Crippen LogP contribution in [0.3, 0.4) is 0 Å². The number of nitrogens with two attached hydrogens (primary N) is 1. The molecule has 0 bridgehead atoms. The second-order valence-electron chi connectivity index (χ2n) is 4.20. The Hall–Kier alpha value is -1.71. The lowest BCUT2D eigenvalue weighted by molar-refractivity contribution is 0.310. The van der Waals surface area contributed by atoms with Crippen LogP contribution in [0.4, 0.5) is 5.69 Å². The molecule has 0 fully saturated rings. The fraction of sp³-hybridized carbons (Fsp3) is 0.0667. The Morgan fingerprint density at radius 1 is 1.11 bits per heavy atom. The third-order valence-electron chi connectivity index (χ3n) is 2.83. The van der Waals surface area contributed by atoms with Crippen LogP contribution in [0.25, 0.3) is 10.1 Å². The third kappa shape index (κ3) is 2.53. The summed E-state index contributed by atoms with van der Waals surface area (Å²) in [6.07, 6.45) is 0. The molecular weight excluding hydrogens is 278 g/mol. The van der Waals surface area contributed by atoms with Crippen LogP contribution in [0.2, 0.25) is 5.02 Å². The van der Waals surface area contributed by atoms with E-state index in [-0.39, 0.29) is 0 Å². The molecule has 1 aromatic heterocycles. The molecule has 19 heavy (non-hydrogen) atoms. The Morgan fingerprint density at radius 3 is 2.74 bits per heavy atom. The van der Waals surface area contributed by atoms with Crippen molar-refractivity contribution in [2.45, 2.75) is 6.61 Å². The van der Waals surface area contributed by atoms with E-state index in [2.05, 4.69) is 6.07 Å². The topological polar surface area (TPSA) is 35.2 Å². The normalized spacial score (nSPS) is 10.8. The van der Waals surface area contributed by atoms with Crippen molar-refractivity contribution in [1.29, 1.82) is 0 Å². The number of thiophene rings is 1. The summed E-state index contributed by atoms with van der Waals surface area (Å²) < 4.78 is 6.91. The Balaban J connectivity index is 1.84. The van der Waals surface area contributed by atoms with Gasteiger partial charge < -0.3 is 10.5 Å². The summed E-state index contributed by atoms with van der Waals surface area (Å²) in [4.78, 5) is 1.03. The van der Waals surface area contributed by atoms with Crippen LogP contribution in [0, 0.1) is 0 Å². The molecule has 3 rings (SSSR count). The third-order valence-corrected chi connectivity index (χ3v) is 4.52. The molecule has 2 aromatic carbocycles. The van der Waals surface area contributed by atoms with Crippen molar-refractivity contribution in [3.8, 4) is 5.75 Å². The first-order valence-electron chi connectivity index (χ1n) is 5.88. The smallest absolute Gasteiger partial charge is 0.124 e. The predicted octanol–water partition coefficient (Wildman–Crippen LogP) is 4.72. The fourth-order valence-corrected chi connectivity index (χ4v) is 3.31. The van der Waals surface area contributed by atoms with E-state index in [1.165, 1.54) is 4.70 Å². The molecule has 2 N–H and O–H groups in total. The monoisotopic (exact) mass is 289 g/mol. The molecule has 2 nitrogen and oxygen atoms in total.